The van der Waals surface area contributed by atoms with E-state index in [1.54, 1.807) is 19.2 Å². The summed E-state index contributed by atoms with van der Waals surface area (Å²) < 4.78 is 47.7. The average molecular weight is 887 g/mol. The summed E-state index contributed by atoms with van der Waals surface area (Å²) in [7, 11) is 1.68. The third-order valence-corrected chi connectivity index (χ3v) is 10.5. The predicted molar refractivity (Wildman–Crippen MR) is 213 cm³/mol. The molecule has 5 rings (SSSR count). The second kappa shape index (κ2) is 26.0. The number of benzene rings is 2. The molecule has 2 aromatic rings. The highest BCUT2D eigenvalue weighted by Crippen LogP contribution is 2.34. The highest BCUT2D eigenvalue weighted by molar-refractivity contribution is 6.30. The molecule has 3 unspecified atom stereocenters. The van der Waals surface area contributed by atoms with E-state index in [0.717, 1.165) is 42.3 Å². The minimum absolute atomic E-state index is 0.00946. The lowest BCUT2D eigenvalue weighted by atomic mass is 9.93. The maximum absolute atomic E-state index is 13.5. The minimum Gasteiger partial charge on any atom is -0.490 e. The number of hydrogen-bond acceptors (Lipinski definition) is 19. The molecular formula is C40H59ClN4O16. The van der Waals surface area contributed by atoms with Crippen molar-refractivity contribution in [3.05, 3.63) is 53.1 Å². The molecule has 2 fully saturated rings. The molecule has 21 heteroatoms. The molecule has 61 heavy (non-hydrogen) atoms. The van der Waals surface area contributed by atoms with Gasteiger partial charge in [0.15, 0.2) is 6.10 Å². The van der Waals surface area contributed by atoms with Crippen LogP contribution in [0.15, 0.2) is 42.5 Å². The fraction of sp³-hybridized carbons (Fsp3) is 0.650. The van der Waals surface area contributed by atoms with Crippen molar-refractivity contribution in [2.45, 2.75) is 94.9 Å². The summed E-state index contributed by atoms with van der Waals surface area (Å²) in [6, 6.07) is 13.1. The standard InChI is InChI=1S/C40H59ClN4O16/c1-52-19-6-17-42-18-24-53-35-16-7-29(25-34(35)42)28-56-36-26-43(39(46)54-20-2-4-22-57-44(48)49)27-37(61-40(47)55-21-3-5-23-58-45(50)51)38(36)60-33-14-12-32(13-15-33)59-31-10-8-30(41)9-11-31/h7-11,16,25,32-33,36-38,48-51H,2-6,12-15,17-24,26-28H2,1H3. The van der Waals surface area contributed by atoms with E-state index < -0.39 is 30.6 Å². The number of carbonyl (C=O) groups excluding carboxylic acids is 2. The molecule has 1 amide bonds. The Bertz CT molecular complexity index is 1590. The zero-order chi connectivity index (χ0) is 43.4. The zero-order valence-electron chi connectivity index (χ0n) is 34.4. The first-order chi connectivity index (χ1) is 29.6. The average Bonchev–Trinajstić information content (AvgIpc) is 3.24. The molecule has 1 saturated carbocycles. The first-order valence-corrected chi connectivity index (χ1v) is 21.0. The number of likely N-dealkylation sites (tertiary alicyclic amines) is 1. The summed E-state index contributed by atoms with van der Waals surface area (Å²) in [5.41, 5.74) is 1.80. The molecule has 2 heterocycles. The number of carbonyl (C=O) groups is 2. The smallest absolute Gasteiger partial charge is 0.490 e. The summed E-state index contributed by atoms with van der Waals surface area (Å²) in [5, 5.41) is 34.9. The van der Waals surface area contributed by atoms with E-state index in [1.807, 2.05) is 30.3 Å². The molecule has 2 aromatic carbocycles. The van der Waals surface area contributed by atoms with Gasteiger partial charge in [-0.15, -0.1) is 0 Å². The largest absolute Gasteiger partial charge is 0.508 e. The van der Waals surface area contributed by atoms with Crippen LogP contribution in [0.25, 0.3) is 0 Å². The lowest BCUT2D eigenvalue weighted by molar-refractivity contribution is -0.492. The van der Waals surface area contributed by atoms with Gasteiger partial charge in [-0.05, 0) is 99.7 Å². The quantitative estimate of drug-likeness (QED) is 0.0556. The number of anilines is 1. The van der Waals surface area contributed by atoms with Crippen LogP contribution in [-0.4, -0.2) is 152 Å². The number of fused-ring (bicyclic) bond motifs is 1. The lowest BCUT2D eigenvalue weighted by Gasteiger charge is -2.43. The van der Waals surface area contributed by atoms with E-state index >= 15 is 0 Å². The van der Waals surface area contributed by atoms with Crippen LogP contribution in [0.4, 0.5) is 15.3 Å². The molecule has 342 valence electrons. The highest BCUT2D eigenvalue weighted by Gasteiger charge is 2.45. The Kier molecular flexibility index (Phi) is 20.6. The van der Waals surface area contributed by atoms with Gasteiger partial charge in [0.2, 0.25) is 0 Å². The van der Waals surface area contributed by atoms with Crippen LogP contribution in [0.1, 0.15) is 63.4 Å². The molecule has 3 atom stereocenters. The van der Waals surface area contributed by atoms with Gasteiger partial charge in [0.1, 0.15) is 30.3 Å². The first kappa shape index (κ1) is 48.3. The van der Waals surface area contributed by atoms with E-state index in [1.165, 1.54) is 4.90 Å². The van der Waals surface area contributed by atoms with Crippen LogP contribution in [0.3, 0.4) is 0 Å². The zero-order valence-corrected chi connectivity index (χ0v) is 35.2. The number of methoxy groups -OCH3 is 1. The maximum Gasteiger partial charge on any atom is 0.508 e. The molecule has 20 nitrogen and oxygen atoms in total. The van der Waals surface area contributed by atoms with Crippen LogP contribution >= 0.6 is 11.6 Å². The Morgan fingerprint density at radius 3 is 2.15 bits per heavy atom. The Balaban J connectivity index is 1.30. The number of ether oxygens (including phenoxy) is 8. The monoisotopic (exact) mass is 886 g/mol. The lowest BCUT2D eigenvalue weighted by Crippen LogP contribution is -2.60. The van der Waals surface area contributed by atoms with Crippen molar-refractivity contribution in [1.29, 1.82) is 0 Å². The van der Waals surface area contributed by atoms with Gasteiger partial charge >= 0.3 is 12.2 Å². The molecule has 0 radical (unpaired) electrons. The number of amides is 1. The van der Waals surface area contributed by atoms with E-state index in [9.17, 15) is 9.59 Å². The van der Waals surface area contributed by atoms with Crippen molar-refractivity contribution >= 4 is 29.5 Å². The Morgan fingerprint density at radius 2 is 1.46 bits per heavy atom. The molecular weight excluding hydrogens is 828 g/mol. The predicted octanol–water partition coefficient (Wildman–Crippen LogP) is 5.79. The van der Waals surface area contributed by atoms with Gasteiger partial charge in [-0.2, -0.15) is 0 Å². The highest BCUT2D eigenvalue weighted by atomic mass is 35.5. The van der Waals surface area contributed by atoms with Gasteiger partial charge in [0.25, 0.3) is 0 Å². The van der Waals surface area contributed by atoms with Crippen molar-refractivity contribution in [3.63, 3.8) is 0 Å². The summed E-state index contributed by atoms with van der Waals surface area (Å²) in [5.74, 6) is 1.50. The van der Waals surface area contributed by atoms with Crippen molar-refractivity contribution in [2.24, 2.45) is 0 Å². The fourth-order valence-corrected chi connectivity index (χ4v) is 7.38. The van der Waals surface area contributed by atoms with Crippen LogP contribution in [0.5, 0.6) is 11.5 Å². The van der Waals surface area contributed by atoms with Crippen molar-refractivity contribution in [3.8, 4) is 11.5 Å². The van der Waals surface area contributed by atoms with Gasteiger partial charge in [0, 0.05) is 25.3 Å². The third-order valence-electron chi connectivity index (χ3n) is 10.3. The van der Waals surface area contributed by atoms with E-state index in [4.69, 9.17) is 70.3 Å². The molecule has 1 saturated heterocycles. The van der Waals surface area contributed by atoms with Gasteiger partial charge in [0.05, 0.1) is 81.3 Å². The van der Waals surface area contributed by atoms with Crippen LogP contribution < -0.4 is 14.4 Å². The van der Waals surface area contributed by atoms with E-state index in [-0.39, 0.29) is 69.1 Å². The van der Waals surface area contributed by atoms with E-state index in [0.29, 0.717) is 69.6 Å². The van der Waals surface area contributed by atoms with E-state index in [2.05, 4.69) is 14.6 Å². The minimum atomic E-state index is -1.02. The molecule has 2 aliphatic heterocycles. The molecule has 1 aliphatic carbocycles. The molecule has 0 aromatic heterocycles. The summed E-state index contributed by atoms with van der Waals surface area (Å²) in [4.78, 5) is 39.5. The fourth-order valence-electron chi connectivity index (χ4n) is 7.25. The van der Waals surface area contributed by atoms with Crippen molar-refractivity contribution in [1.82, 2.24) is 15.7 Å². The van der Waals surface area contributed by atoms with Gasteiger partial charge in [-0.1, -0.05) is 17.7 Å². The third kappa shape index (κ3) is 16.8. The number of unbranched alkanes of at least 4 members (excludes halogenated alkanes) is 2. The van der Waals surface area contributed by atoms with Crippen molar-refractivity contribution < 1.29 is 78.0 Å². The number of rotatable bonds is 24. The second-order valence-corrected chi connectivity index (χ2v) is 15.2. The van der Waals surface area contributed by atoms with Crippen LogP contribution in [-0.2, 0) is 44.7 Å². The van der Waals surface area contributed by atoms with Gasteiger partial charge < -0.3 is 47.7 Å². The van der Waals surface area contributed by atoms with Crippen molar-refractivity contribution in [2.75, 3.05) is 77.8 Å². The van der Waals surface area contributed by atoms with Crippen LogP contribution in [0.2, 0.25) is 5.02 Å². The molecule has 0 bridgehead atoms. The summed E-state index contributed by atoms with van der Waals surface area (Å²) in [6.45, 7) is 2.78. The Hall–Kier alpha value is -3.77. The van der Waals surface area contributed by atoms with Crippen LogP contribution in [0, 0.1) is 0 Å². The number of nitrogens with zero attached hydrogens (tertiary/aromatic N) is 4. The summed E-state index contributed by atoms with van der Waals surface area (Å²) in [6.07, 6.45) is 0.487. The molecule has 0 spiro atoms. The number of halogens is 1. The Labute approximate surface area is 359 Å². The summed E-state index contributed by atoms with van der Waals surface area (Å²) >= 11 is 6.06. The van der Waals surface area contributed by atoms with Gasteiger partial charge in [-0.25, -0.2) is 9.59 Å². The number of hydrogen-bond donors (Lipinski definition) is 4. The Morgan fingerprint density at radius 1 is 0.803 bits per heavy atom. The second-order valence-electron chi connectivity index (χ2n) is 14.8. The normalized spacial score (nSPS) is 21.5. The first-order valence-electron chi connectivity index (χ1n) is 20.6. The topological polar surface area (TPSA) is 220 Å². The maximum atomic E-state index is 13.5. The number of piperidine rings is 1. The van der Waals surface area contributed by atoms with Gasteiger partial charge in [-0.3, -0.25) is 30.5 Å². The SMILES string of the molecule is COCCCN1CCOc2ccc(COC3CN(C(=O)OCCCCON(O)O)CC(OC(=O)OCCCCON(O)O)C3OC3CCC(Oc4ccc(Cl)cc4)CC3)cc21. The molecule has 3 aliphatic rings. The molecule has 4 N–H and O–H groups in total.